The maximum atomic E-state index is 12.7. The lowest BCUT2D eigenvalue weighted by Crippen LogP contribution is -2.51. The summed E-state index contributed by atoms with van der Waals surface area (Å²) in [7, 11) is 2.16. The first-order chi connectivity index (χ1) is 12.0. The average molecular weight is 345 g/mol. The molecule has 2 aliphatic rings. The molecular formula is C19H31N5O. The molecule has 0 saturated carbocycles. The minimum absolute atomic E-state index is 0.284. The van der Waals surface area contributed by atoms with Crippen LogP contribution in [0.1, 0.15) is 17.8 Å². The zero-order chi connectivity index (χ0) is 17.8. The van der Waals surface area contributed by atoms with Gasteiger partial charge in [0.25, 0.3) is 0 Å². The topological polar surface area (TPSA) is 42.9 Å². The van der Waals surface area contributed by atoms with Crippen molar-refractivity contribution < 1.29 is 4.79 Å². The van der Waals surface area contributed by atoms with Gasteiger partial charge in [-0.25, -0.2) is 0 Å². The number of carbonyl (C=O) groups excluding carboxylic acids is 1. The predicted molar refractivity (Wildman–Crippen MR) is 101 cm³/mol. The van der Waals surface area contributed by atoms with Crippen molar-refractivity contribution in [2.45, 2.75) is 20.3 Å². The molecule has 6 nitrogen and oxygen atoms in total. The number of rotatable bonds is 3. The van der Waals surface area contributed by atoms with E-state index in [9.17, 15) is 4.79 Å². The highest BCUT2D eigenvalue weighted by Crippen LogP contribution is 2.18. The van der Waals surface area contributed by atoms with Gasteiger partial charge < -0.3 is 14.7 Å². The molecule has 0 N–H and O–H groups in total. The highest BCUT2D eigenvalue weighted by molar-refractivity contribution is 5.78. The summed E-state index contributed by atoms with van der Waals surface area (Å²) in [5.41, 5.74) is 3.34. The molecular weight excluding hydrogens is 314 g/mol. The van der Waals surface area contributed by atoms with Crippen LogP contribution in [0, 0.1) is 13.8 Å². The number of carbonyl (C=O) groups is 1. The first-order valence-corrected chi connectivity index (χ1v) is 9.40. The Balaban J connectivity index is 1.50. The monoisotopic (exact) mass is 345 g/mol. The van der Waals surface area contributed by atoms with E-state index in [0.717, 1.165) is 70.2 Å². The van der Waals surface area contributed by atoms with E-state index in [1.165, 1.54) is 5.69 Å². The lowest BCUT2D eigenvalue weighted by atomic mass is 10.2. The number of pyridine rings is 1. The van der Waals surface area contributed by atoms with E-state index < -0.39 is 0 Å². The Bertz CT molecular complexity index is 577. The lowest BCUT2D eigenvalue weighted by Gasteiger charge is -2.37. The molecule has 25 heavy (non-hydrogen) atoms. The lowest BCUT2D eigenvalue weighted by molar-refractivity contribution is -0.132. The molecule has 2 fully saturated rings. The predicted octanol–water partition coefficient (Wildman–Crippen LogP) is 0.985. The van der Waals surface area contributed by atoms with E-state index in [1.54, 1.807) is 0 Å². The van der Waals surface area contributed by atoms with E-state index in [-0.39, 0.29) is 5.91 Å². The number of hydrogen-bond acceptors (Lipinski definition) is 5. The fourth-order valence-electron chi connectivity index (χ4n) is 3.76. The highest BCUT2D eigenvalue weighted by atomic mass is 16.2. The molecule has 0 spiro atoms. The summed E-state index contributed by atoms with van der Waals surface area (Å²) in [6.07, 6.45) is 1.15. The number of likely N-dealkylation sites (N-methyl/N-ethyl adjacent to an activating group) is 1. The Morgan fingerprint density at radius 3 is 2.32 bits per heavy atom. The number of nitrogens with zero attached hydrogens (tertiary/aromatic N) is 5. The third kappa shape index (κ3) is 4.92. The van der Waals surface area contributed by atoms with Gasteiger partial charge in [-0.1, -0.05) is 0 Å². The highest BCUT2D eigenvalue weighted by Gasteiger charge is 2.23. The largest absolute Gasteiger partial charge is 0.368 e. The van der Waals surface area contributed by atoms with Crippen LogP contribution in [-0.4, -0.2) is 91.5 Å². The summed E-state index contributed by atoms with van der Waals surface area (Å²) in [5.74, 6) is 0.284. The maximum Gasteiger partial charge on any atom is 0.236 e. The van der Waals surface area contributed by atoms with Crippen molar-refractivity contribution >= 4 is 11.6 Å². The fourth-order valence-corrected chi connectivity index (χ4v) is 3.76. The molecule has 3 rings (SSSR count). The van der Waals surface area contributed by atoms with E-state index in [1.807, 2.05) is 18.7 Å². The van der Waals surface area contributed by atoms with Crippen LogP contribution >= 0.6 is 0 Å². The second-order valence-corrected chi connectivity index (χ2v) is 7.41. The van der Waals surface area contributed by atoms with E-state index in [0.29, 0.717) is 6.54 Å². The van der Waals surface area contributed by atoms with Gasteiger partial charge in [0.15, 0.2) is 0 Å². The molecule has 0 atom stereocenters. The standard InChI is InChI=1S/C19H31N5O/c1-16-13-18(14-17(2)20-16)23-9-11-24(12-10-23)19(25)15-22-6-4-5-21(3)7-8-22/h13-14H,4-12,15H2,1-3H3. The fraction of sp³-hybridized carbons (Fsp3) is 0.684. The second-order valence-electron chi connectivity index (χ2n) is 7.41. The van der Waals surface area contributed by atoms with Gasteiger partial charge in [-0.2, -0.15) is 0 Å². The van der Waals surface area contributed by atoms with Crippen molar-refractivity contribution in [3.63, 3.8) is 0 Å². The molecule has 2 saturated heterocycles. The molecule has 3 heterocycles. The Morgan fingerprint density at radius 1 is 0.960 bits per heavy atom. The van der Waals surface area contributed by atoms with Crippen LogP contribution in [-0.2, 0) is 4.79 Å². The zero-order valence-electron chi connectivity index (χ0n) is 15.9. The molecule has 0 aliphatic carbocycles. The Hall–Kier alpha value is -1.66. The minimum atomic E-state index is 0.284. The molecule has 0 unspecified atom stereocenters. The number of piperazine rings is 1. The summed E-state index contributed by atoms with van der Waals surface area (Å²) in [6, 6.07) is 4.27. The first-order valence-electron chi connectivity index (χ1n) is 9.40. The van der Waals surface area contributed by atoms with E-state index in [4.69, 9.17) is 0 Å². The van der Waals surface area contributed by atoms with Crippen molar-refractivity contribution in [2.24, 2.45) is 0 Å². The van der Waals surface area contributed by atoms with E-state index in [2.05, 4.69) is 38.9 Å². The minimum Gasteiger partial charge on any atom is -0.368 e. The van der Waals surface area contributed by atoms with Gasteiger partial charge in [0, 0.05) is 56.3 Å². The molecule has 0 bridgehead atoms. The molecule has 2 aliphatic heterocycles. The third-order valence-corrected chi connectivity index (χ3v) is 5.23. The van der Waals surface area contributed by atoms with Crippen molar-refractivity contribution in [1.82, 2.24) is 19.7 Å². The maximum absolute atomic E-state index is 12.7. The van der Waals surface area contributed by atoms with Crippen LogP contribution in [0.2, 0.25) is 0 Å². The number of aryl methyl sites for hydroxylation is 2. The third-order valence-electron chi connectivity index (χ3n) is 5.23. The van der Waals surface area contributed by atoms with Crippen molar-refractivity contribution in [3.05, 3.63) is 23.5 Å². The van der Waals surface area contributed by atoms with Crippen molar-refractivity contribution in [1.29, 1.82) is 0 Å². The van der Waals surface area contributed by atoms with Crippen LogP contribution in [0.4, 0.5) is 5.69 Å². The number of anilines is 1. The van der Waals surface area contributed by atoms with Crippen molar-refractivity contribution in [2.75, 3.05) is 70.9 Å². The van der Waals surface area contributed by atoms with Gasteiger partial charge >= 0.3 is 0 Å². The zero-order valence-corrected chi connectivity index (χ0v) is 15.9. The summed E-state index contributed by atoms with van der Waals surface area (Å²) < 4.78 is 0. The van der Waals surface area contributed by atoms with Gasteiger partial charge in [0.1, 0.15) is 0 Å². The van der Waals surface area contributed by atoms with Gasteiger partial charge in [0.2, 0.25) is 5.91 Å². The summed E-state index contributed by atoms with van der Waals surface area (Å²) in [4.78, 5) is 26.2. The normalized spacial score (nSPS) is 20.6. The molecule has 1 aromatic rings. The van der Waals surface area contributed by atoms with Crippen LogP contribution in [0.5, 0.6) is 0 Å². The van der Waals surface area contributed by atoms with Gasteiger partial charge in [0.05, 0.1) is 6.54 Å². The number of aromatic nitrogens is 1. The van der Waals surface area contributed by atoms with Crippen LogP contribution in [0.25, 0.3) is 0 Å². The molecule has 1 aromatic heterocycles. The summed E-state index contributed by atoms with van der Waals surface area (Å²) in [6.45, 7) is 12.3. The van der Waals surface area contributed by atoms with Crippen LogP contribution in [0.15, 0.2) is 12.1 Å². The molecule has 6 heteroatoms. The molecule has 1 amide bonds. The number of hydrogen-bond donors (Lipinski definition) is 0. The molecule has 138 valence electrons. The average Bonchev–Trinajstić information content (AvgIpc) is 2.78. The summed E-state index contributed by atoms with van der Waals surface area (Å²) in [5, 5.41) is 0. The Labute approximate surface area is 151 Å². The van der Waals surface area contributed by atoms with Crippen molar-refractivity contribution in [3.8, 4) is 0 Å². The van der Waals surface area contributed by atoms with E-state index >= 15 is 0 Å². The second kappa shape index (κ2) is 8.15. The quantitative estimate of drug-likeness (QED) is 0.817. The van der Waals surface area contributed by atoms with Crippen LogP contribution in [0.3, 0.4) is 0 Å². The Morgan fingerprint density at radius 2 is 1.64 bits per heavy atom. The first kappa shape index (κ1) is 18.1. The smallest absolute Gasteiger partial charge is 0.236 e. The van der Waals surface area contributed by atoms with Gasteiger partial charge in [-0.15, -0.1) is 0 Å². The molecule has 0 aromatic carbocycles. The van der Waals surface area contributed by atoms with Crippen LogP contribution < -0.4 is 4.90 Å². The van der Waals surface area contributed by atoms with Gasteiger partial charge in [-0.3, -0.25) is 14.7 Å². The van der Waals surface area contributed by atoms with Gasteiger partial charge in [-0.05, 0) is 52.5 Å². The number of amides is 1. The SMILES string of the molecule is Cc1cc(N2CCN(C(=O)CN3CCCN(C)CC3)CC2)cc(C)n1. The summed E-state index contributed by atoms with van der Waals surface area (Å²) >= 11 is 0. The Kier molecular flexibility index (Phi) is 5.91. The molecule has 0 radical (unpaired) electrons.